The first kappa shape index (κ1) is 17.5. The van der Waals surface area contributed by atoms with Crippen LogP contribution in [0, 0.1) is 0 Å². The molecule has 0 bridgehead atoms. The summed E-state index contributed by atoms with van der Waals surface area (Å²) in [4.78, 5) is 16.6. The third-order valence-electron chi connectivity index (χ3n) is 3.86. The number of para-hydroxylation sites is 1. The molecular weight excluding hydrogens is 386 g/mol. The molecular formula is C19H12ClN3O3S. The van der Waals surface area contributed by atoms with Crippen molar-refractivity contribution < 1.29 is 9.52 Å². The molecule has 4 rings (SSSR count). The van der Waals surface area contributed by atoms with Crippen LogP contribution in [0.5, 0.6) is 5.75 Å². The molecule has 2 aromatic carbocycles. The van der Waals surface area contributed by atoms with E-state index in [0.29, 0.717) is 32.6 Å². The number of nitrogens with zero attached hydrogens (tertiary/aromatic N) is 3. The predicted octanol–water partition coefficient (Wildman–Crippen LogP) is 4.08. The molecule has 0 unspecified atom stereocenters. The molecule has 0 saturated carbocycles. The Morgan fingerprint density at radius 1 is 1.19 bits per heavy atom. The van der Waals surface area contributed by atoms with Gasteiger partial charge in [0.15, 0.2) is 0 Å². The van der Waals surface area contributed by atoms with E-state index < -0.39 is 5.63 Å². The molecule has 1 N–H and O–H groups in total. The topological polar surface area (TPSA) is 87.5 Å². The van der Waals surface area contributed by atoms with Gasteiger partial charge in [-0.05, 0) is 29.8 Å². The van der Waals surface area contributed by atoms with Gasteiger partial charge in [0.05, 0.1) is 17.3 Å². The predicted molar refractivity (Wildman–Crippen MR) is 110 cm³/mol. The van der Waals surface area contributed by atoms with E-state index in [0.717, 1.165) is 5.56 Å². The largest absolute Gasteiger partial charge is 0.506 e. The first-order valence-electron chi connectivity index (χ1n) is 7.94. The van der Waals surface area contributed by atoms with Crippen molar-refractivity contribution in [3.8, 4) is 5.75 Å². The van der Waals surface area contributed by atoms with Crippen molar-refractivity contribution in [1.82, 2.24) is 0 Å². The summed E-state index contributed by atoms with van der Waals surface area (Å²) >= 11 is 7.16. The highest BCUT2D eigenvalue weighted by atomic mass is 35.5. The third-order valence-corrected chi connectivity index (χ3v) is 4.96. The Bertz CT molecular complexity index is 1170. The highest BCUT2D eigenvalue weighted by Gasteiger charge is 2.24. The normalized spacial score (nSPS) is 15.7. The molecule has 3 aromatic rings. The van der Waals surface area contributed by atoms with E-state index in [9.17, 15) is 9.90 Å². The zero-order valence-corrected chi connectivity index (χ0v) is 15.4. The lowest BCUT2D eigenvalue weighted by Crippen LogP contribution is -2.15. The van der Waals surface area contributed by atoms with E-state index in [1.807, 2.05) is 12.1 Å². The second-order valence-electron chi connectivity index (χ2n) is 5.64. The van der Waals surface area contributed by atoms with E-state index in [1.54, 1.807) is 42.6 Å². The Balaban J connectivity index is 1.63. The number of halogens is 1. The van der Waals surface area contributed by atoms with E-state index >= 15 is 0 Å². The molecule has 1 aliphatic heterocycles. The van der Waals surface area contributed by atoms with Crippen LogP contribution in [0.4, 0.5) is 0 Å². The molecule has 134 valence electrons. The van der Waals surface area contributed by atoms with Gasteiger partial charge in [-0.3, -0.25) is 0 Å². The Hall–Kier alpha value is -2.90. The molecule has 0 spiro atoms. The van der Waals surface area contributed by atoms with Gasteiger partial charge < -0.3 is 9.52 Å². The van der Waals surface area contributed by atoms with E-state index in [-0.39, 0.29) is 11.3 Å². The molecule has 27 heavy (non-hydrogen) atoms. The van der Waals surface area contributed by atoms with Gasteiger partial charge >= 0.3 is 5.63 Å². The minimum atomic E-state index is -0.628. The number of fused-ring (bicyclic) bond motifs is 1. The fraction of sp³-hybridized carbons (Fsp3) is 0.0526. The SMILES string of the molecule is O=c1oc2ccccc2c(O)c1C1=N/C(=N\N=C\c2ccc(Cl)cc2)SC1. The monoisotopic (exact) mass is 397 g/mol. The molecule has 8 heteroatoms. The van der Waals surface area contributed by atoms with Gasteiger partial charge in [0.25, 0.3) is 0 Å². The zero-order chi connectivity index (χ0) is 18.8. The van der Waals surface area contributed by atoms with Crippen molar-refractivity contribution in [3.63, 3.8) is 0 Å². The lowest BCUT2D eigenvalue weighted by atomic mass is 10.1. The summed E-state index contributed by atoms with van der Waals surface area (Å²) in [5, 5.41) is 20.1. The van der Waals surface area contributed by atoms with Gasteiger partial charge in [-0.15, -0.1) is 5.10 Å². The van der Waals surface area contributed by atoms with Crippen molar-refractivity contribution in [2.75, 3.05) is 5.75 Å². The third kappa shape index (κ3) is 3.65. The molecule has 1 aliphatic rings. The van der Waals surface area contributed by atoms with Crippen LogP contribution >= 0.6 is 23.4 Å². The highest BCUT2D eigenvalue weighted by Crippen LogP contribution is 2.29. The summed E-state index contributed by atoms with van der Waals surface area (Å²) in [5.41, 5.74) is 1.03. The van der Waals surface area contributed by atoms with Crippen molar-refractivity contribution in [2.24, 2.45) is 15.2 Å². The maximum absolute atomic E-state index is 12.3. The molecule has 0 aliphatic carbocycles. The highest BCUT2D eigenvalue weighted by molar-refractivity contribution is 8.15. The summed E-state index contributed by atoms with van der Waals surface area (Å²) in [5.74, 6) is 0.262. The number of benzene rings is 2. The van der Waals surface area contributed by atoms with Crippen LogP contribution in [0.2, 0.25) is 5.02 Å². The number of hydrogen-bond acceptors (Lipinski definition) is 6. The average molecular weight is 398 g/mol. The molecule has 2 heterocycles. The van der Waals surface area contributed by atoms with Crippen molar-refractivity contribution in [1.29, 1.82) is 0 Å². The van der Waals surface area contributed by atoms with E-state index in [2.05, 4.69) is 15.2 Å². The lowest BCUT2D eigenvalue weighted by molar-refractivity contribution is 0.466. The number of rotatable bonds is 3. The van der Waals surface area contributed by atoms with Crippen molar-refractivity contribution in [3.05, 3.63) is 75.1 Å². The molecule has 0 fully saturated rings. The second kappa shape index (κ2) is 7.38. The number of hydrogen-bond donors (Lipinski definition) is 1. The second-order valence-corrected chi connectivity index (χ2v) is 7.01. The Morgan fingerprint density at radius 2 is 1.96 bits per heavy atom. The first-order valence-corrected chi connectivity index (χ1v) is 9.30. The van der Waals surface area contributed by atoms with Crippen LogP contribution < -0.4 is 5.63 Å². The Morgan fingerprint density at radius 3 is 2.78 bits per heavy atom. The fourth-order valence-corrected chi connectivity index (χ4v) is 3.45. The van der Waals surface area contributed by atoms with Crippen LogP contribution in [0.3, 0.4) is 0 Å². The lowest BCUT2D eigenvalue weighted by Gasteiger charge is -2.04. The van der Waals surface area contributed by atoms with Gasteiger partial charge in [-0.2, -0.15) is 5.10 Å². The van der Waals surface area contributed by atoms with E-state index in [4.69, 9.17) is 16.0 Å². The molecule has 0 radical (unpaired) electrons. The number of aromatic hydroxyl groups is 1. The van der Waals surface area contributed by atoms with Gasteiger partial charge in [0.2, 0.25) is 5.17 Å². The van der Waals surface area contributed by atoms with Crippen LogP contribution in [0.1, 0.15) is 11.1 Å². The van der Waals surface area contributed by atoms with Crippen LogP contribution in [-0.2, 0) is 0 Å². The van der Waals surface area contributed by atoms with Crippen molar-refractivity contribution in [2.45, 2.75) is 0 Å². The summed E-state index contributed by atoms with van der Waals surface area (Å²) in [6, 6.07) is 14.0. The summed E-state index contributed by atoms with van der Waals surface area (Å²) < 4.78 is 5.28. The number of thioether (sulfide) groups is 1. The first-order chi connectivity index (χ1) is 13.1. The molecule has 0 saturated heterocycles. The number of aliphatic imine (C=N–C) groups is 1. The van der Waals surface area contributed by atoms with Gasteiger partial charge in [0, 0.05) is 10.8 Å². The summed E-state index contributed by atoms with van der Waals surface area (Å²) in [7, 11) is 0. The van der Waals surface area contributed by atoms with Gasteiger partial charge in [-0.25, -0.2) is 9.79 Å². The standard InChI is InChI=1S/C19H12ClN3O3S/c20-12-7-5-11(6-8-12)9-21-23-19-22-14(10-27-19)16-17(24)13-3-1-2-4-15(13)26-18(16)25/h1-9,24H,10H2/b21-9+,23-19+. The van der Waals surface area contributed by atoms with E-state index in [1.165, 1.54) is 11.8 Å². The number of amidine groups is 1. The van der Waals surface area contributed by atoms with Crippen LogP contribution in [0.25, 0.3) is 11.0 Å². The quantitative estimate of drug-likeness (QED) is 0.410. The van der Waals surface area contributed by atoms with Crippen molar-refractivity contribution >= 4 is 51.4 Å². The van der Waals surface area contributed by atoms with Crippen LogP contribution in [0.15, 0.2) is 72.9 Å². The Kier molecular flexibility index (Phi) is 4.79. The molecule has 1 aromatic heterocycles. The maximum Gasteiger partial charge on any atom is 0.349 e. The summed E-state index contributed by atoms with van der Waals surface area (Å²) in [6.45, 7) is 0. The molecule has 0 amide bonds. The van der Waals surface area contributed by atoms with Gasteiger partial charge in [0.1, 0.15) is 16.9 Å². The molecule has 0 atom stereocenters. The average Bonchev–Trinajstić information content (AvgIpc) is 3.12. The minimum absolute atomic E-state index is 0.0630. The minimum Gasteiger partial charge on any atom is -0.506 e. The zero-order valence-electron chi connectivity index (χ0n) is 13.8. The Labute approximate surface area is 162 Å². The molecule has 6 nitrogen and oxygen atoms in total. The van der Waals surface area contributed by atoms with Crippen LogP contribution in [-0.4, -0.2) is 28.0 Å². The smallest absolute Gasteiger partial charge is 0.349 e. The maximum atomic E-state index is 12.3. The fourth-order valence-electron chi connectivity index (χ4n) is 2.57. The summed E-state index contributed by atoms with van der Waals surface area (Å²) in [6.07, 6.45) is 1.58. The van der Waals surface area contributed by atoms with Gasteiger partial charge in [-0.1, -0.05) is 47.6 Å².